The molecule has 5 heteroatoms. The van der Waals surface area contributed by atoms with Gasteiger partial charge in [0, 0.05) is 60.6 Å². The van der Waals surface area contributed by atoms with Gasteiger partial charge < -0.3 is 20.4 Å². The molecular formula is C25H27N5. The minimum atomic E-state index is 0.611. The van der Waals surface area contributed by atoms with Gasteiger partial charge in [-0.2, -0.15) is 0 Å². The van der Waals surface area contributed by atoms with Crippen molar-refractivity contribution >= 4 is 29.0 Å². The van der Waals surface area contributed by atoms with Gasteiger partial charge in [-0.05, 0) is 49.0 Å². The van der Waals surface area contributed by atoms with E-state index in [0.29, 0.717) is 6.67 Å². The molecule has 0 spiro atoms. The highest BCUT2D eigenvalue weighted by Gasteiger charge is 2.21. The number of nitrogens with zero attached hydrogens (tertiary/aromatic N) is 4. The number of nitrogens with two attached hydrogens (primary N) is 1. The molecule has 1 fully saturated rings. The fourth-order valence-corrected chi connectivity index (χ4v) is 4.32. The van der Waals surface area contributed by atoms with Gasteiger partial charge >= 0.3 is 0 Å². The third-order valence-corrected chi connectivity index (χ3v) is 6.02. The van der Waals surface area contributed by atoms with Crippen LogP contribution in [0.4, 0.5) is 22.7 Å². The molecule has 0 saturated carbocycles. The van der Waals surface area contributed by atoms with Crippen LogP contribution in [0.3, 0.4) is 0 Å². The van der Waals surface area contributed by atoms with E-state index >= 15 is 0 Å². The highest BCUT2D eigenvalue weighted by molar-refractivity contribution is 5.99. The van der Waals surface area contributed by atoms with E-state index in [1.807, 2.05) is 24.4 Å². The van der Waals surface area contributed by atoms with Crippen LogP contribution in [0.2, 0.25) is 0 Å². The van der Waals surface area contributed by atoms with Crippen LogP contribution in [0.15, 0.2) is 71.7 Å². The molecule has 0 bridgehead atoms. The zero-order valence-corrected chi connectivity index (χ0v) is 17.3. The molecule has 152 valence electrons. The first kappa shape index (κ1) is 18.7. The molecule has 30 heavy (non-hydrogen) atoms. The molecule has 2 N–H and O–H groups in total. The number of benzene rings is 3. The normalized spacial score (nSPS) is 16.6. The van der Waals surface area contributed by atoms with Crippen LogP contribution in [-0.2, 0) is 0 Å². The number of aliphatic imine (C=N–C) groups is 1. The van der Waals surface area contributed by atoms with Gasteiger partial charge in [0.1, 0.15) is 6.67 Å². The van der Waals surface area contributed by atoms with Crippen LogP contribution in [0.5, 0.6) is 0 Å². The highest BCUT2D eigenvalue weighted by Crippen LogP contribution is 2.39. The Kier molecular flexibility index (Phi) is 4.89. The van der Waals surface area contributed by atoms with E-state index in [9.17, 15) is 0 Å². The lowest BCUT2D eigenvalue weighted by atomic mass is 9.98. The number of hydrogen-bond donors (Lipinski definition) is 1. The molecular weight excluding hydrogens is 370 g/mol. The number of likely N-dealkylation sites (N-methyl/N-ethyl adjacent to an activating group) is 1. The predicted molar refractivity (Wildman–Crippen MR) is 127 cm³/mol. The molecule has 1 saturated heterocycles. The first-order valence-corrected chi connectivity index (χ1v) is 10.5. The molecule has 5 nitrogen and oxygen atoms in total. The Bertz CT molecular complexity index is 1070. The number of hydrogen-bond acceptors (Lipinski definition) is 5. The molecule has 0 aromatic heterocycles. The van der Waals surface area contributed by atoms with Gasteiger partial charge in [-0.15, -0.1) is 0 Å². The maximum Gasteiger partial charge on any atom is 0.114 e. The van der Waals surface area contributed by atoms with Crippen molar-refractivity contribution in [3.05, 3.63) is 72.3 Å². The average Bonchev–Trinajstić information content (AvgIpc) is 2.79. The molecule has 5 rings (SSSR count). The Morgan fingerprint density at radius 1 is 0.833 bits per heavy atom. The summed E-state index contributed by atoms with van der Waals surface area (Å²) in [6, 6.07) is 23.4. The molecule has 0 unspecified atom stereocenters. The second kappa shape index (κ2) is 7.84. The summed E-state index contributed by atoms with van der Waals surface area (Å²) in [7, 11) is 2.19. The summed E-state index contributed by atoms with van der Waals surface area (Å²) in [5.41, 5.74) is 13.9. The van der Waals surface area contributed by atoms with Crippen LogP contribution in [-0.4, -0.2) is 51.0 Å². The molecule has 0 atom stereocenters. The maximum absolute atomic E-state index is 6.07. The Morgan fingerprint density at radius 3 is 2.33 bits per heavy atom. The second-order valence-electron chi connectivity index (χ2n) is 8.06. The monoisotopic (exact) mass is 397 g/mol. The van der Waals surface area contributed by atoms with Gasteiger partial charge in [-0.1, -0.05) is 30.3 Å². The molecule has 0 radical (unpaired) electrons. The van der Waals surface area contributed by atoms with Crippen LogP contribution in [0.1, 0.15) is 5.56 Å². The van der Waals surface area contributed by atoms with E-state index in [1.165, 1.54) is 16.9 Å². The molecule has 3 aromatic carbocycles. The van der Waals surface area contributed by atoms with Crippen LogP contribution in [0, 0.1) is 0 Å². The SMILES string of the molecule is CN1CCN(c2ccc(N3CN=Cc4cccc(-c5cccc(N)c5)c43)cc2)CC1. The summed E-state index contributed by atoms with van der Waals surface area (Å²) in [5, 5.41) is 0. The lowest BCUT2D eigenvalue weighted by Crippen LogP contribution is -2.44. The van der Waals surface area contributed by atoms with Crippen LogP contribution in [0.25, 0.3) is 11.1 Å². The van der Waals surface area contributed by atoms with E-state index < -0.39 is 0 Å². The van der Waals surface area contributed by atoms with Crippen molar-refractivity contribution in [2.45, 2.75) is 0 Å². The van der Waals surface area contributed by atoms with Gasteiger partial charge in [-0.3, -0.25) is 4.99 Å². The van der Waals surface area contributed by atoms with Crippen molar-refractivity contribution in [3.63, 3.8) is 0 Å². The minimum Gasteiger partial charge on any atom is -0.399 e. The largest absolute Gasteiger partial charge is 0.399 e. The van der Waals surface area contributed by atoms with Gasteiger partial charge in [0.25, 0.3) is 0 Å². The Labute approximate surface area is 178 Å². The standard InChI is InChI=1S/C25H27N5/c1-28-12-14-29(15-13-28)22-8-10-23(11-9-22)30-18-27-17-20-5-3-7-24(25(20)30)19-4-2-6-21(26)16-19/h2-11,16-17H,12-15,18,26H2,1H3. The zero-order chi connectivity index (χ0) is 20.5. The third-order valence-electron chi connectivity index (χ3n) is 6.02. The van der Waals surface area contributed by atoms with E-state index in [4.69, 9.17) is 5.73 Å². The zero-order valence-electron chi connectivity index (χ0n) is 17.3. The smallest absolute Gasteiger partial charge is 0.114 e. The topological polar surface area (TPSA) is 48.1 Å². The Morgan fingerprint density at radius 2 is 1.57 bits per heavy atom. The van der Waals surface area contributed by atoms with Crippen molar-refractivity contribution < 1.29 is 0 Å². The van der Waals surface area contributed by atoms with E-state index in [1.54, 1.807) is 0 Å². The van der Waals surface area contributed by atoms with Gasteiger partial charge in [0.05, 0.1) is 5.69 Å². The Hall–Kier alpha value is -3.31. The van der Waals surface area contributed by atoms with Gasteiger partial charge in [-0.25, -0.2) is 0 Å². The number of piperazine rings is 1. The summed E-state index contributed by atoms with van der Waals surface area (Å²) in [5.74, 6) is 0. The maximum atomic E-state index is 6.07. The number of rotatable bonds is 3. The number of fused-ring (bicyclic) bond motifs is 1. The summed E-state index contributed by atoms with van der Waals surface area (Å²) < 4.78 is 0. The van der Waals surface area contributed by atoms with Crippen LogP contribution < -0.4 is 15.5 Å². The summed E-state index contributed by atoms with van der Waals surface area (Å²) in [6.07, 6.45) is 1.97. The van der Waals surface area contributed by atoms with Crippen molar-refractivity contribution in [2.24, 2.45) is 4.99 Å². The first-order chi connectivity index (χ1) is 14.7. The van der Waals surface area contributed by atoms with E-state index in [-0.39, 0.29) is 0 Å². The molecule has 2 heterocycles. The van der Waals surface area contributed by atoms with Crippen molar-refractivity contribution in [1.82, 2.24) is 4.90 Å². The minimum absolute atomic E-state index is 0.611. The molecule has 3 aromatic rings. The average molecular weight is 398 g/mol. The molecule has 2 aliphatic rings. The summed E-state index contributed by atoms with van der Waals surface area (Å²) in [6.45, 7) is 4.98. The fourth-order valence-electron chi connectivity index (χ4n) is 4.32. The quantitative estimate of drug-likeness (QED) is 0.673. The van der Waals surface area contributed by atoms with E-state index in [0.717, 1.165) is 48.7 Å². The second-order valence-corrected chi connectivity index (χ2v) is 8.06. The van der Waals surface area contributed by atoms with E-state index in [2.05, 4.69) is 75.3 Å². The summed E-state index contributed by atoms with van der Waals surface area (Å²) >= 11 is 0. The molecule has 0 aliphatic carbocycles. The first-order valence-electron chi connectivity index (χ1n) is 10.5. The van der Waals surface area contributed by atoms with Gasteiger partial charge in [0.2, 0.25) is 0 Å². The Balaban J connectivity index is 1.49. The van der Waals surface area contributed by atoms with Crippen LogP contribution >= 0.6 is 0 Å². The molecule has 0 amide bonds. The lowest BCUT2D eigenvalue weighted by molar-refractivity contribution is 0.313. The third kappa shape index (κ3) is 3.53. The van der Waals surface area contributed by atoms with Gasteiger partial charge in [0.15, 0.2) is 0 Å². The van der Waals surface area contributed by atoms with Crippen molar-refractivity contribution in [1.29, 1.82) is 0 Å². The highest BCUT2D eigenvalue weighted by atomic mass is 15.3. The summed E-state index contributed by atoms with van der Waals surface area (Å²) in [4.78, 5) is 11.7. The number of anilines is 4. The van der Waals surface area contributed by atoms with Crippen molar-refractivity contribution in [3.8, 4) is 11.1 Å². The fraction of sp³-hybridized carbons (Fsp3) is 0.240. The number of nitrogen functional groups attached to an aromatic ring is 1. The lowest BCUT2D eigenvalue weighted by Gasteiger charge is -2.34. The van der Waals surface area contributed by atoms with Crippen molar-refractivity contribution in [2.75, 3.05) is 55.4 Å². The predicted octanol–water partition coefficient (Wildman–Crippen LogP) is 4.22. The molecule has 2 aliphatic heterocycles. The number of para-hydroxylation sites is 1.